The fraction of sp³-hybridized carbons (Fsp3) is 0.381. The summed E-state index contributed by atoms with van der Waals surface area (Å²) >= 11 is 1.57. The number of thiazole rings is 1. The number of benzene rings is 1. The Hall–Kier alpha value is -2.19. The van der Waals surface area contributed by atoms with Crippen molar-refractivity contribution >= 4 is 28.0 Å². The fourth-order valence-corrected chi connectivity index (χ4v) is 4.59. The van der Waals surface area contributed by atoms with E-state index in [1.165, 1.54) is 0 Å². The Balaban J connectivity index is 1.67. The van der Waals surface area contributed by atoms with E-state index in [2.05, 4.69) is 34.5 Å². The number of rotatable bonds is 6. The highest BCUT2D eigenvalue weighted by Crippen LogP contribution is 2.34. The summed E-state index contributed by atoms with van der Waals surface area (Å²) in [6, 6.07) is 8.16. The number of fused-ring (bicyclic) bond motifs is 1. The maximum Gasteiger partial charge on any atom is 0.136 e. The average molecular weight is 401 g/mol. The monoisotopic (exact) mass is 400 g/mol. The predicted molar refractivity (Wildman–Crippen MR) is 109 cm³/mol. The molecule has 28 heavy (non-hydrogen) atoms. The van der Waals surface area contributed by atoms with E-state index in [4.69, 9.17) is 9.47 Å². The van der Waals surface area contributed by atoms with E-state index in [0.717, 1.165) is 26.4 Å². The molecule has 1 aromatic carbocycles. The van der Waals surface area contributed by atoms with Crippen LogP contribution in [0, 0.1) is 0 Å². The Morgan fingerprint density at radius 3 is 3.00 bits per heavy atom. The molecule has 1 aliphatic rings. The van der Waals surface area contributed by atoms with E-state index in [1.807, 2.05) is 12.1 Å². The summed E-state index contributed by atoms with van der Waals surface area (Å²) in [6.07, 6.45) is 4.38. The van der Waals surface area contributed by atoms with Crippen LogP contribution in [0.2, 0.25) is 0 Å². The lowest BCUT2D eigenvalue weighted by atomic mass is 10.0. The predicted octanol–water partition coefficient (Wildman–Crippen LogP) is 3.34. The molecule has 2 aromatic heterocycles. The molecule has 0 aliphatic carbocycles. The Kier molecular flexibility index (Phi) is 5.50. The maximum atomic E-state index is 10.2. The van der Waals surface area contributed by atoms with Gasteiger partial charge in [0.1, 0.15) is 12.0 Å². The van der Waals surface area contributed by atoms with E-state index < -0.39 is 6.10 Å². The van der Waals surface area contributed by atoms with Gasteiger partial charge in [-0.3, -0.25) is 0 Å². The van der Waals surface area contributed by atoms with Gasteiger partial charge in [-0.2, -0.15) is 0 Å². The first-order valence-electron chi connectivity index (χ1n) is 9.29. The molecule has 3 unspecified atom stereocenters. The second-order valence-corrected chi connectivity index (χ2v) is 8.14. The number of aromatic nitrogens is 2. The van der Waals surface area contributed by atoms with Gasteiger partial charge < -0.3 is 24.3 Å². The minimum atomic E-state index is -0.484. The third-order valence-corrected chi connectivity index (χ3v) is 6.15. The quantitative estimate of drug-likeness (QED) is 0.621. The molecular formula is C21H24N2O4S. The van der Waals surface area contributed by atoms with Gasteiger partial charge in [-0.15, -0.1) is 11.3 Å². The highest BCUT2D eigenvalue weighted by Gasteiger charge is 2.30. The van der Waals surface area contributed by atoms with Gasteiger partial charge in [-0.05, 0) is 11.6 Å². The zero-order valence-corrected chi connectivity index (χ0v) is 16.6. The van der Waals surface area contributed by atoms with E-state index in [-0.39, 0.29) is 18.9 Å². The third kappa shape index (κ3) is 3.71. The van der Waals surface area contributed by atoms with Gasteiger partial charge in [0.05, 0.1) is 41.3 Å². The smallest absolute Gasteiger partial charge is 0.136 e. The second kappa shape index (κ2) is 8.05. The van der Waals surface area contributed by atoms with Crippen molar-refractivity contribution in [2.75, 3.05) is 13.7 Å². The molecule has 2 N–H and O–H groups in total. The zero-order chi connectivity index (χ0) is 19.7. The molecule has 0 saturated carbocycles. The lowest BCUT2D eigenvalue weighted by molar-refractivity contribution is -0.140. The Morgan fingerprint density at radius 2 is 2.21 bits per heavy atom. The van der Waals surface area contributed by atoms with Crippen LogP contribution in [-0.2, 0) is 15.9 Å². The zero-order valence-electron chi connectivity index (χ0n) is 15.7. The standard InChI is InChI=1S/C21H24N2O4S/c1-13(26-2)19-10-22-20(28-19)7-14-11-23(18-6-4-3-5-17(14)18)21-9-15(25)8-16(12-24)27-21/h3-6,10-11,15-16,21,24-25H,1,7-9,12H2,2H3. The van der Waals surface area contributed by atoms with E-state index >= 15 is 0 Å². The molecule has 1 fully saturated rings. The van der Waals surface area contributed by atoms with Crippen LogP contribution in [0.15, 0.2) is 43.2 Å². The summed E-state index contributed by atoms with van der Waals surface area (Å²) in [5.74, 6) is 0.616. The number of aliphatic hydroxyl groups excluding tert-OH is 2. The van der Waals surface area contributed by atoms with Gasteiger partial charge in [0.25, 0.3) is 0 Å². The van der Waals surface area contributed by atoms with Crippen LogP contribution in [0.4, 0.5) is 0 Å². The lowest BCUT2D eigenvalue weighted by Crippen LogP contribution is -2.35. The Labute approximate surface area is 167 Å². The van der Waals surface area contributed by atoms with Crippen LogP contribution in [-0.4, -0.2) is 45.7 Å². The highest BCUT2D eigenvalue weighted by atomic mass is 32.1. The molecule has 3 heterocycles. The van der Waals surface area contributed by atoms with E-state index in [1.54, 1.807) is 24.6 Å². The van der Waals surface area contributed by atoms with Gasteiger partial charge in [-0.25, -0.2) is 4.98 Å². The average Bonchev–Trinajstić information content (AvgIpc) is 3.32. The highest BCUT2D eigenvalue weighted by molar-refractivity contribution is 7.12. The first-order chi connectivity index (χ1) is 13.6. The molecule has 0 amide bonds. The molecule has 6 nitrogen and oxygen atoms in total. The number of para-hydroxylation sites is 1. The van der Waals surface area contributed by atoms with Crippen molar-refractivity contribution in [1.82, 2.24) is 9.55 Å². The molecule has 148 valence electrons. The Bertz CT molecular complexity index is 980. The first-order valence-corrected chi connectivity index (χ1v) is 10.1. The molecule has 7 heteroatoms. The lowest BCUT2D eigenvalue weighted by Gasteiger charge is -2.33. The third-order valence-electron chi connectivity index (χ3n) is 5.11. The number of ether oxygens (including phenoxy) is 2. The summed E-state index contributed by atoms with van der Waals surface area (Å²) < 4.78 is 13.3. The van der Waals surface area contributed by atoms with Crippen LogP contribution < -0.4 is 0 Å². The maximum absolute atomic E-state index is 10.2. The normalized spacial score (nSPS) is 22.5. The van der Waals surface area contributed by atoms with Crippen molar-refractivity contribution < 1.29 is 19.7 Å². The first kappa shape index (κ1) is 19.1. The van der Waals surface area contributed by atoms with E-state index in [9.17, 15) is 10.2 Å². The molecule has 0 spiro atoms. The van der Waals surface area contributed by atoms with Gasteiger partial charge >= 0.3 is 0 Å². The fourth-order valence-electron chi connectivity index (χ4n) is 3.70. The Morgan fingerprint density at radius 1 is 1.39 bits per heavy atom. The summed E-state index contributed by atoms with van der Waals surface area (Å²) in [7, 11) is 1.60. The van der Waals surface area contributed by atoms with Crippen molar-refractivity contribution in [3.05, 3.63) is 58.7 Å². The van der Waals surface area contributed by atoms with Crippen molar-refractivity contribution in [2.45, 2.75) is 37.7 Å². The van der Waals surface area contributed by atoms with Gasteiger partial charge in [0.15, 0.2) is 0 Å². The number of methoxy groups -OCH3 is 1. The molecule has 0 radical (unpaired) electrons. The van der Waals surface area contributed by atoms with Crippen molar-refractivity contribution in [1.29, 1.82) is 0 Å². The van der Waals surface area contributed by atoms with Gasteiger partial charge in [-0.1, -0.05) is 24.8 Å². The summed E-state index contributed by atoms with van der Waals surface area (Å²) in [4.78, 5) is 5.43. The second-order valence-electron chi connectivity index (χ2n) is 7.02. The SMILES string of the molecule is C=C(OC)c1cnc(Cc2cn(C3CC(O)CC(CO)O3)c3ccccc23)s1. The molecule has 3 aromatic rings. The molecule has 1 saturated heterocycles. The molecule has 0 bridgehead atoms. The van der Waals surface area contributed by atoms with Gasteiger partial charge in [0.2, 0.25) is 0 Å². The van der Waals surface area contributed by atoms with Crippen molar-refractivity contribution in [3.63, 3.8) is 0 Å². The van der Waals surface area contributed by atoms with Crippen molar-refractivity contribution in [3.8, 4) is 0 Å². The summed E-state index contributed by atoms with van der Waals surface area (Å²) in [5.41, 5.74) is 2.19. The van der Waals surface area contributed by atoms with Gasteiger partial charge in [0, 0.05) is 37.0 Å². The molecule has 4 rings (SSSR count). The minimum Gasteiger partial charge on any atom is -0.496 e. The molecular weight excluding hydrogens is 376 g/mol. The van der Waals surface area contributed by atoms with Crippen LogP contribution in [0.5, 0.6) is 0 Å². The van der Waals surface area contributed by atoms with Crippen molar-refractivity contribution in [2.24, 2.45) is 0 Å². The number of hydrogen-bond donors (Lipinski definition) is 2. The molecule has 1 aliphatic heterocycles. The summed E-state index contributed by atoms with van der Waals surface area (Å²) in [6.45, 7) is 3.79. The number of aliphatic hydroxyl groups is 2. The molecule has 3 atom stereocenters. The van der Waals surface area contributed by atoms with Crippen LogP contribution in [0.1, 0.15) is 34.5 Å². The topological polar surface area (TPSA) is 76.7 Å². The summed E-state index contributed by atoms with van der Waals surface area (Å²) in [5, 5.41) is 21.8. The minimum absolute atomic E-state index is 0.0924. The van der Waals surface area contributed by atoms with Crippen LogP contribution >= 0.6 is 11.3 Å². The van der Waals surface area contributed by atoms with Crippen LogP contribution in [0.25, 0.3) is 16.7 Å². The number of nitrogens with zero attached hydrogens (tertiary/aromatic N) is 2. The number of hydrogen-bond acceptors (Lipinski definition) is 6. The largest absolute Gasteiger partial charge is 0.496 e. The van der Waals surface area contributed by atoms with Crippen LogP contribution in [0.3, 0.4) is 0 Å². The van der Waals surface area contributed by atoms with E-state index in [0.29, 0.717) is 25.0 Å².